The standard InChI is InChI=1S/C18H27NO2/c1-21-13-5-12-19-18(20)14-15-8-10-17(11-9-15)16-6-3-2-4-7-16/h8-11,16H,2-7,12-14H2,1H3,(H,19,20). The summed E-state index contributed by atoms with van der Waals surface area (Å²) in [5.74, 6) is 0.826. The van der Waals surface area contributed by atoms with Gasteiger partial charge in [-0.1, -0.05) is 43.5 Å². The highest BCUT2D eigenvalue weighted by Crippen LogP contribution is 2.32. The molecule has 0 aliphatic heterocycles. The molecule has 0 saturated heterocycles. The first-order chi connectivity index (χ1) is 10.3. The third-order valence-corrected chi connectivity index (χ3v) is 4.27. The van der Waals surface area contributed by atoms with Crippen molar-refractivity contribution in [2.24, 2.45) is 0 Å². The molecule has 2 rings (SSSR count). The molecule has 21 heavy (non-hydrogen) atoms. The first kappa shape index (κ1) is 16.0. The Balaban J connectivity index is 1.77. The molecular formula is C18H27NO2. The van der Waals surface area contributed by atoms with E-state index in [0.29, 0.717) is 19.6 Å². The lowest BCUT2D eigenvalue weighted by molar-refractivity contribution is -0.120. The van der Waals surface area contributed by atoms with Gasteiger partial charge < -0.3 is 10.1 Å². The van der Waals surface area contributed by atoms with E-state index in [9.17, 15) is 4.79 Å². The molecule has 0 heterocycles. The molecule has 116 valence electrons. The van der Waals surface area contributed by atoms with Crippen LogP contribution in [0.3, 0.4) is 0 Å². The third kappa shape index (κ3) is 5.50. The van der Waals surface area contributed by atoms with Crippen LogP contribution in [0.4, 0.5) is 0 Å². The zero-order valence-electron chi connectivity index (χ0n) is 13.1. The van der Waals surface area contributed by atoms with Crippen LogP contribution >= 0.6 is 0 Å². The second-order valence-electron chi connectivity index (χ2n) is 5.95. The average Bonchev–Trinajstić information content (AvgIpc) is 2.53. The highest BCUT2D eigenvalue weighted by atomic mass is 16.5. The predicted molar refractivity (Wildman–Crippen MR) is 85.5 cm³/mol. The minimum Gasteiger partial charge on any atom is -0.385 e. The van der Waals surface area contributed by atoms with Gasteiger partial charge in [0.1, 0.15) is 0 Å². The maximum atomic E-state index is 11.8. The molecule has 1 amide bonds. The molecule has 1 aliphatic carbocycles. The quantitative estimate of drug-likeness (QED) is 0.781. The third-order valence-electron chi connectivity index (χ3n) is 4.27. The van der Waals surface area contributed by atoms with Crippen molar-refractivity contribution in [1.29, 1.82) is 0 Å². The molecule has 0 atom stereocenters. The first-order valence-electron chi connectivity index (χ1n) is 8.14. The van der Waals surface area contributed by atoms with Crippen molar-refractivity contribution in [3.63, 3.8) is 0 Å². The van der Waals surface area contributed by atoms with Gasteiger partial charge in [-0.25, -0.2) is 0 Å². The number of hydrogen-bond acceptors (Lipinski definition) is 2. The van der Waals surface area contributed by atoms with Crippen LogP contribution in [-0.4, -0.2) is 26.2 Å². The molecule has 0 unspecified atom stereocenters. The summed E-state index contributed by atoms with van der Waals surface area (Å²) in [6.45, 7) is 1.38. The molecule has 1 aromatic carbocycles. The van der Waals surface area contributed by atoms with Crippen LogP contribution in [0.2, 0.25) is 0 Å². The van der Waals surface area contributed by atoms with E-state index in [1.807, 2.05) is 0 Å². The molecule has 0 radical (unpaired) electrons. The highest BCUT2D eigenvalue weighted by Gasteiger charge is 2.15. The number of benzene rings is 1. The monoisotopic (exact) mass is 289 g/mol. The molecule has 1 N–H and O–H groups in total. The van der Waals surface area contributed by atoms with Gasteiger partial charge in [-0.2, -0.15) is 0 Å². The molecule has 0 bridgehead atoms. The second-order valence-corrected chi connectivity index (χ2v) is 5.95. The molecule has 0 spiro atoms. The maximum Gasteiger partial charge on any atom is 0.224 e. The number of amides is 1. The summed E-state index contributed by atoms with van der Waals surface area (Å²) in [6, 6.07) is 8.64. The zero-order valence-corrected chi connectivity index (χ0v) is 13.1. The lowest BCUT2D eigenvalue weighted by Crippen LogP contribution is -2.26. The second kappa shape index (κ2) is 8.83. The molecule has 0 aromatic heterocycles. The van der Waals surface area contributed by atoms with Gasteiger partial charge in [0.05, 0.1) is 6.42 Å². The first-order valence-corrected chi connectivity index (χ1v) is 8.14. The van der Waals surface area contributed by atoms with Gasteiger partial charge in [-0.05, 0) is 36.3 Å². The van der Waals surface area contributed by atoms with Gasteiger partial charge >= 0.3 is 0 Å². The van der Waals surface area contributed by atoms with Gasteiger partial charge in [-0.3, -0.25) is 4.79 Å². The largest absolute Gasteiger partial charge is 0.385 e. The summed E-state index contributed by atoms with van der Waals surface area (Å²) >= 11 is 0. The summed E-state index contributed by atoms with van der Waals surface area (Å²) in [4.78, 5) is 11.8. The Morgan fingerprint density at radius 1 is 1.19 bits per heavy atom. The van der Waals surface area contributed by atoms with Crippen LogP contribution in [0.1, 0.15) is 55.6 Å². The van der Waals surface area contributed by atoms with Crippen molar-refractivity contribution in [2.45, 2.75) is 50.9 Å². The topological polar surface area (TPSA) is 38.3 Å². The molecule has 3 heteroatoms. The van der Waals surface area contributed by atoms with E-state index in [-0.39, 0.29) is 5.91 Å². The fraction of sp³-hybridized carbons (Fsp3) is 0.611. The van der Waals surface area contributed by atoms with E-state index < -0.39 is 0 Å². The fourth-order valence-electron chi connectivity index (χ4n) is 3.04. The Morgan fingerprint density at radius 2 is 1.90 bits per heavy atom. The van der Waals surface area contributed by atoms with Gasteiger partial charge in [0.25, 0.3) is 0 Å². The zero-order chi connectivity index (χ0) is 14.9. The molecule has 1 saturated carbocycles. The van der Waals surface area contributed by atoms with E-state index in [4.69, 9.17) is 4.74 Å². The van der Waals surface area contributed by atoms with Crippen LogP contribution in [0, 0.1) is 0 Å². The lowest BCUT2D eigenvalue weighted by atomic mass is 9.84. The lowest BCUT2D eigenvalue weighted by Gasteiger charge is -2.22. The fourth-order valence-corrected chi connectivity index (χ4v) is 3.04. The number of hydrogen-bond donors (Lipinski definition) is 1. The number of carbonyl (C=O) groups excluding carboxylic acids is 1. The molecule has 3 nitrogen and oxygen atoms in total. The minimum atomic E-state index is 0.0940. The van der Waals surface area contributed by atoms with E-state index in [0.717, 1.165) is 17.9 Å². The predicted octanol–water partition coefficient (Wildman–Crippen LogP) is 3.43. The number of rotatable bonds is 7. The maximum absolute atomic E-state index is 11.8. The van der Waals surface area contributed by atoms with Crippen molar-refractivity contribution >= 4 is 5.91 Å². The van der Waals surface area contributed by atoms with Gasteiger partial charge in [-0.15, -0.1) is 0 Å². The van der Waals surface area contributed by atoms with Crippen LogP contribution in [0.5, 0.6) is 0 Å². The SMILES string of the molecule is COCCCNC(=O)Cc1ccc(C2CCCCC2)cc1. The summed E-state index contributed by atoms with van der Waals surface area (Å²) in [6.07, 6.45) is 8.07. The summed E-state index contributed by atoms with van der Waals surface area (Å²) in [7, 11) is 1.68. The summed E-state index contributed by atoms with van der Waals surface area (Å²) in [5.41, 5.74) is 2.54. The number of methoxy groups -OCH3 is 1. The molecule has 1 aliphatic rings. The summed E-state index contributed by atoms with van der Waals surface area (Å²) in [5, 5.41) is 2.92. The van der Waals surface area contributed by atoms with Crippen LogP contribution in [-0.2, 0) is 16.0 Å². The number of nitrogens with one attached hydrogen (secondary N) is 1. The van der Waals surface area contributed by atoms with Crippen molar-refractivity contribution in [3.05, 3.63) is 35.4 Å². The summed E-state index contributed by atoms with van der Waals surface area (Å²) < 4.78 is 4.96. The Bertz CT molecular complexity index is 421. The van der Waals surface area contributed by atoms with Gasteiger partial charge in [0.15, 0.2) is 0 Å². The van der Waals surface area contributed by atoms with Crippen LogP contribution in [0.25, 0.3) is 0 Å². The van der Waals surface area contributed by atoms with E-state index in [2.05, 4.69) is 29.6 Å². The Kier molecular flexibility index (Phi) is 6.74. The number of ether oxygens (including phenoxy) is 1. The average molecular weight is 289 g/mol. The van der Waals surface area contributed by atoms with Crippen molar-refractivity contribution in [1.82, 2.24) is 5.32 Å². The van der Waals surface area contributed by atoms with Crippen molar-refractivity contribution in [2.75, 3.05) is 20.3 Å². The van der Waals surface area contributed by atoms with Crippen LogP contribution < -0.4 is 5.32 Å². The Labute approximate surface area is 128 Å². The van der Waals surface area contributed by atoms with E-state index in [1.165, 1.54) is 37.7 Å². The highest BCUT2D eigenvalue weighted by molar-refractivity contribution is 5.78. The minimum absolute atomic E-state index is 0.0940. The Morgan fingerprint density at radius 3 is 2.57 bits per heavy atom. The molecular weight excluding hydrogens is 262 g/mol. The van der Waals surface area contributed by atoms with Gasteiger partial charge in [0.2, 0.25) is 5.91 Å². The van der Waals surface area contributed by atoms with Crippen molar-refractivity contribution < 1.29 is 9.53 Å². The van der Waals surface area contributed by atoms with E-state index >= 15 is 0 Å². The normalized spacial score (nSPS) is 15.9. The van der Waals surface area contributed by atoms with Gasteiger partial charge in [0, 0.05) is 20.3 Å². The van der Waals surface area contributed by atoms with Crippen molar-refractivity contribution in [3.8, 4) is 0 Å². The smallest absolute Gasteiger partial charge is 0.224 e. The Hall–Kier alpha value is -1.35. The van der Waals surface area contributed by atoms with Crippen LogP contribution in [0.15, 0.2) is 24.3 Å². The number of carbonyl (C=O) groups is 1. The molecule has 1 fully saturated rings. The van der Waals surface area contributed by atoms with E-state index in [1.54, 1.807) is 7.11 Å². The molecule has 1 aromatic rings.